The van der Waals surface area contributed by atoms with Gasteiger partial charge < -0.3 is 15.2 Å². The van der Waals surface area contributed by atoms with Crippen molar-refractivity contribution < 1.29 is 9.84 Å². The molecule has 0 bridgehead atoms. The molecule has 0 amide bonds. The first-order chi connectivity index (χ1) is 7.63. The first-order valence-corrected chi connectivity index (χ1v) is 6.12. The van der Waals surface area contributed by atoms with Gasteiger partial charge in [-0.3, -0.25) is 0 Å². The molecule has 1 aromatic carbocycles. The van der Waals surface area contributed by atoms with E-state index in [9.17, 15) is 5.11 Å². The Morgan fingerprint density at radius 2 is 2.19 bits per heavy atom. The number of halogens is 1. The van der Waals surface area contributed by atoms with Crippen molar-refractivity contribution in [3.05, 3.63) is 27.7 Å². The van der Waals surface area contributed by atoms with E-state index in [4.69, 9.17) is 4.74 Å². The van der Waals surface area contributed by atoms with Crippen molar-refractivity contribution in [3.63, 3.8) is 0 Å². The number of benzene rings is 1. The molecule has 0 saturated heterocycles. The standard InChI is InChI=1S/C12H18BrNO2/c1-4-8-5-9(13)6-10(12(8)16-3)11(15)7-14-2/h5-6,11,14-15H,4,7H2,1-3H3. The van der Waals surface area contributed by atoms with E-state index >= 15 is 0 Å². The maximum atomic E-state index is 10.0. The summed E-state index contributed by atoms with van der Waals surface area (Å²) in [7, 11) is 3.45. The van der Waals surface area contributed by atoms with Crippen LogP contribution >= 0.6 is 15.9 Å². The molecular formula is C12H18BrNO2. The largest absolute Gasteiger partial charge is 0.496 e. The summed E-state index contributed by atoms with van der Waals surface area (Å²) in [5.41, 5.74) is 1.92. The van der Waals surface area contributed by atoms with Gasteiger partial charge in [-0.25, -0.2) is 0 Å². The summed E-state index contributed by atoms with van der Waals surface area (Å²) in [6.45, 7) is 2.58. The van der Waals surface area contributed by atoms with E-state index in [1.807, 2.05) is 19.2 Å². The smallest absolute Gasteiger partial charge is 0.127 e. The molecule has 1 aromatic rings. The summed E-state index contributed by atoms with van der Waals surface area (Å²) in [6.07, 6.45) is 0.324. The average Bonchev–Trinajstić information content (AvgIpc) is 2.28. The molecule has 0 heterocycles. The summed E-state index contributed by atoms with van der Waals surface area (Å²) >= 11 is 3.45. The Hall–Kier alpha value is -0.580. The molecule has 0 spiro atoms. The molecule has 0 aromatic heterocycles. The number of likely N-dealkylation sites (N-methyl/N-ethyl adjacent to an activating group) is 1. The quantitative estimate of drug-likeness (QED) is 0.873. The van der Waals surface area contributed by atoms with E-state index in [-0.39, 0.29) is 0 Å². The molecule has 16 heavy (non-hydrogen) atoms. The minimum Gasteiger partial charge on any atom is -0.496 e. The molecule has 0 aliphatic carbocycles. The molecule has 1 rings (SSSR count). The van der Waals surface area contributed by atoms with Crippen molar-refractivity contribution in [2.24, 2.45) is 0 Å². The lowest BCUT2D eigenvalue weighted by molar-refractivity contribution is 0.173. The SMILES string of the molecule is CCc1cc(Br)cc(C(O)CNC)c1OC. The highest BCUT2D eigenvalue weighted by atomic mass is 79.9. The van der Waals surface area contributed by atoms with Crippen molar-refractivity contribution in [2.75, 3.05) is 20.7 Å². The van der Waals surface area contributed by atoms with E-state index in [0.29, 0.717) is 6.54 Å². The first-order valence-electron chi connectivity index (χ1n) is 5.33. The van der Waals surface area contributed by atoms with Gasteiger partial charge in [-0.2, -0.15) is 0 Å². The van der Waals surface area contributed by atoms with Crippen LogP contribution < -0.4 is 10.1 Å². The third kappa shape index (κ3) is 2.97. The molecule has 4 heteroatoms. The van der Waals surface area contributed by atoms with Crippen molar-refractivity contribution in [3.8, 4) is 5.75 Å². The fourth-order valence-corrected chi connectivity index (χ4v) is 2.26. The van der Waals surface area contributed by atoms with Crippen LogP contribution in [0.25, 0.3) is 0 Å². The number of nitrogens with one attached hydrogen (secondary N) is 1. The van der Waals surface area contributed by atoms with Crippen LogP contribution in [-0.2, 0) is 6.42 Å². The monoisotopic (exact) mass is 287 g/mol. The number of rotatable bonds is 5. The van der Waals surface area contributed by atoms with Crippen molar-refractivity contribution in [1.29, 1.82) is 0 Å². The van der Waals surface area contributed by atoms with Gasteiger partial charge in [0.15, 0.2) is 0 Å². The highest BCUT2D eigenvalue weighted by Gasteiger charge is 2.16. The predicted molar refractivity (Wildman–Crippen MR) is 69.0 cm³/mol. The lowest BCUT2D eigenvalue weighted by Gasteiger charge is -2.17. The molecule has 3 nitrogen and oxygen atoms in total. The van der Waals surface area contributed by atoms with Crippen LogP contribution in [-0.4, -0.2) is 25.8 Å². The summed E-state index contributed by atoms with van der Waals surface area (Å²) in [6, 6.07) is 3.93. The number of methoxy groups -OCH3 is 1. The van der Waals surface area contributed by atoms with Crippen LogP contribution in [0.15, 0.2) is 16.6 Å². The van der Waals surface area contributed by atoms with Gasteiger partial charge in [0.05, 0.1) is 13.2 Å². The Morgan fingerprint density at radius 1 is 1.50 bits per heavy atom. The highest BCUT2D eigenvalue weighted by Crippen LogP contribution is 2.32. The maximum Gasteiger partial charge on any atom is 0.127 e. The number of hydrogen-bond acceptors (Lipinski definition) is 3. The van der Waals surface area contributed by atoms with Crippen LogP contribution in [0.1, 0.15) is 24.2 Å². The Balaban J connectivity index is 3.19. The number of aryl methyl sites for hydroxylation is 1. The second-order valence-electron chi connectivity index (χ2n) is 3.61. The van der Waals surface area contributed by atoms with Crippen LogP contribution in [0.2, 0.25) is 0 Å². The van der Waals surface area contributed by atoms with Gasteiger partial charge in [-0.15, -0.1) is 0 Å². The zero-order valence-electron chi connectivity index (χ0n) is 9.88. The average molecular weight is 288 g/mol. The minimum absolute atomic E-state index is 0.510. The van der Waals surface area contributed by atoms with Gasteiger partial charge in [-0.1, -0.05) is 22.9 Å². The fraction of sp³-hybridized carbons (Fsp3) is 0.500. The second-order valence-corrected chi connectivity index (χ2v) is 4.53. The van der Waals surface area contributed by atoms with Gasteiger partial charge >= 0.3 is 0 Å². The van der Waals surface area contributed by atoms with Gasteiger partial charge in [-0.05, 0) is 31.2 Å². The lowest BCUT2D eigenvalue weighted by atomic mass is 10.0. The van der Waals surface area contributed by atoms with Crippen LogP contribution in [0.5, 0.6) is 5.75 Å². The highest BCUT2D eigenvalue weighted by molar-refractivity contribution is 9.10. The molecule has 1 atom stereocenters. The minimum atomic E-state index is -0.553. The summed E-state index contributed by atoms with van der Waals surface area (Å²) in [5, 5.41) is 13.0. The van der Waals surface area contributed by atoms with Gasteiger partial charge in [0.25, 0.3) is 0 Å². The third-order valence-corrected chi connectivity index (χ3v) is 2.96. The topological polar surface area (TPSA) is 41.5 Å². The van der Waals surface area contributed by atoms with Crippen LogP contribution in [0, 0.1) is 0 Å². The van der Waals surface area contributed by atoms with Crippen molar-refractivity contribution >= 4 is 15.9 Å². The maximum absolute atomic E-state index is 10.0. The van der Waals surface area contributed by atoms with Crippen molar-refractivity contribution in [2.45, 2.75) is 19.4 Å². The van der Waals surface area contributed by atoms with E-state index < -0.39 is 6.10 Å². The van der Waals surface area contributed by atoms with E-state index in [1.165, 1.54) is 0 Å². The predicted octanol–water partition coefficient (Wildman–Crippen LogP) is 2.27. The lowest BCUT2D eigenvalue weighted by Crippen LogP contribution is -2.17. The number of aliphatic hydroxyl groups is 1. The van der Waals surface area contributed by atoms with Crippen LogP contribution in [0.3, 0.4) is 0 Å². The number of ether oxygens (including phenoxy) is 1. The third-order valence-electron chi connectivity index (χ3n) is 2.50. The molecular weight excluding hydrogens is 270 g/mol. The van der Waals surface area contributed by atoms with Gasteiger partial charge in [0, 0.05) is 16.6 Å². The zero-order valence-corrected chi connectivity index (χ0v) is 11.5. The molecule has 90 valence electrons. The Morgan fingerprint density at radius 3 is 2.69 bits per heavy atom. The molecule has 0 aliphatic heterocycles. The first kappa shape index (κ1) is 13.5. The zero-order chi connectivity index (χ0) is 12.1. The number of hydrogen-bond donors (Lipinski definition) is 2. The molecule has 2 N–H and O–H groups in total. The van der Waals surface area contributed by atoms with E-state index in [0.717, 1.165) is 27.8 Å². The van der Waals surface area contributed by atoms with Crippen LogP contribution in [0.4, 0.5) is 0 Å². The molecule has 1 unspecified atom stereocenters. The Kier molecular flexibility index (Phi) is 5.25. The summed E-state index contributed by atoms with van der Waals surface area (Å²) in [5.74, 6) is 0.786. The van der Waals surface area contributed by atoms with E-state index in [2.05, 4.69) is 28.2 Å². The summed E-state index contributed by atoms with van der Waals surface area (Å²) in [4.78, 5) is 0. The Bertz CT molecular complexity index is 355. The normalized spacial score (nSPS) is 12.6. The van der Waals surface area contributed by atoms with E-state index in [1.54, 1.807) is 7.11 Å². The molecule has 0 radical (unpaired) electrons. The summed E-state index contributed by atoms with van der Waals surface area (Å²) < 4.78 is 6.35. The fourth-order valence-electron chi connectivity index (χ4n) is 1.74. The second kappa shape index (κ2) is 6.23. The molecule has 0 aliphatic rings. The molecule has 0 saturated carbocycles. The van der Waals surface area contributed by atoms with Gasteiger partial charge in [0.1, 0.15) is 5.75 Å². The molecule has 0 fully saturated rings. The van der Waals surface area contributed by atoms with Crippen molar-refractivity contribution in [1.82, 2.24) is 5.32 Å². The number of aliphatic hydroxyl groups excluding tert-OH is 1. The Labute approximate surface area is 105 Å². The van der Waals surface area contributed by atoms with Gasteiger partial charge in [0.2, 0.25) is 0 Å².